The molecule has 0 aromatic heterocycles. The van der Waals surface area contributed by atoms with Crippen molar-refractivity contribution < 1.29 is 13.2 Å². The van der Waals surface area contributed by atoms with Gasteiger partial charge in [0.2, 0.25) is 15.9 Å². The van der Waals surface area contributed by atoms with Gasteiger partial charge in [-0.15, -0.1) is 0 Å². The van der Waals surface area contributed by atoms with Crippen molar-refractivity contribution in [3.8, 4) is 0 Å². The van der Waals surface area contributed by atoms with Gasteiger partial charge in [0.1, 0.15) is 6.04 Å². The molecule has 0 unspecified atom stereocenters. The van der Waals surface area contributed by atoms with Crippen LogP contribution in [0.5, 0.6) is 0 Å². The fourth-order valence-corrected chi connectivity index (χ4v) is 3.40. The Balaban J connectivity index is 2.16. The topological polar surface area (TPSA) is 78.5 Å². The Morgan fingerprint density at radius 1 is 1.04 bits per heavy atom. The molecule has 7 heteroatoms. The van der Waals surface area contributed by atoms with Gasteiger partial charge in [-0.25, -0.2) is 12.7 Å². The van der Waals surface area contributed by atoms with E-state index in [1.165, 1.54) is 18.4 Å². The number of amides is 1. The standard InChI is InChI=1S/C18H23N3O3S/c1-13-10-11-16(12-17(13)25(23,24)21(3)4)19-14(2)18(22)20-15-8-6-5-7-9-15/h5-12,14,19H,1-4H3,(H,20,22)/t14-/m1/s1. The van der Waals surface area contributed by atoms with Gasteiger partial charge in [-0.3, -0.25) is 4.79 Å². The fourth-order valence-electron chi connectivity index (χ4n) is 2.25. The maximum atomic E-state index is 12.4. The van der Waals surface area contributed by atoms with E-state index < -0.39 is 16.1 Å². The minimum absolute atomic E-state index is 0.205. The molecule has 134 valence electrons. The van der Waals surface area contributed by atoms with Crippen molar-refractivity contribution in [3.05, 3.63) is 54.1 Å². The minimum atomic E-state index is -3.54. The molecule has 0 fully saturated rings. The van der Waals surface area contributed by atoms with Gasteiger partial charge in [0.15, 0.2) is 0 Å². The Morgan fingerprint density at radius 2 is 1.68 bits per heavy atom. The molecule has 0 aliphatic carbocycles. The van der Waals surface area contributed by atoms with Crippen LogP contribution in [0.4, 0.5) is 11.4 Å². The molecule has 25 heavy (non-hydrogen) atoms. The fraction of sp³-hybridized carbons (Fsp3) is 0.278. The molecule has 0 saturated heterocycles. The zero-order valence-electron chi connectivity index (χ0n) is 14.8. The van der Waals surface area contributed by atoms with Crippen LogP contribution in [0.15, 0.2) is 53.4 Å². The number of hydrogen-bond donors (Lipinski definition) is 2. The maximum Gasteiger partial charge on any atom is 0.246 e. The van der Waals surface area contributed by atoms with Crippen molar-refractivity contribution >= 4 is 27.3 Å². The summed E-state index contributed by atoms with van der Waals surface area (Å²) >= 11 is 0. The summed E-state index contributed by atoms with van der Waals surface area (Å²) in [5.41, 5.74) is 1.93. The summed E-state index contributed by atoms with van der Waals surface area (Å²) in [4.78, 5) is 12.5. The number of nitrogens with one attached hydrogen (secondary N) is 2. The lowest BCUT2D eigenvalue weighted by atomic mass is 10.2. The van der Waals surface area contributed by atoms with E-state index in [4.69, 9.17) is 0 Å². The molecule has 0 aliphatic rings. The van der Waals surface area contributed by atoms with E-state index in [1.54, 1.807) is 44.2 Å². The average molecular weight is 361 g/mol. The van der Waals surface area contributed by atoms with Crippen LogP contribution in [0.2, 0.25) is 0 Å². The van der Waals surface area contributed by atoms with Crippen molar-refractivity contribution in [1.29, 1.82) is 0 Å². The number of hydrogen-bond acceptors (Lipinski definition) is 4. The highest BCUT2D eigenvalue weighted by molar-refractivity contribution is 7.89. The molecule has 6 nitrogen and oxygen atoms in total. The number of rotatable bonds is 6. The van der Waals surface area contributed by atoms with E-state index in [0.29, 0.717) is 16.9 Å². The molecule has 0 radical (unpaired) electrons. The summed E-state index contributed by atoms with van der Waals surface area (Å²) < 4.78 is 25.9. The molecule has 1 atom stereocenters. The van der Waals surface area contributed by atoms with Crippen molar-refractivity contribution in [2.75, 3.05) is 24.7 Å². The highest BCUT2D eigenvalue weighted by Crippen LogP contribution is 2.23. The quantitative estimate of drug-likeness (QED) is 0.829. The number of anilines is 2. The molecule has 2 aromatic carbocycles. The van der Waals surface area contributed by atoms with Gasteiger partial charge in [0.05, 0.1) is 4.90 Å². The average Bonchev–Trinajstić information content (AvgIpc) is 2.57. The van der Waals surface area contributed by atoms with Crippen LogP contribution >= 0.6 is 0 Å². The predicted octanol–water partition coefficient (Wildman–Crippen LogP) is 2.68. The molecule has 1 amide bonds. The smallest absolute Gasteiger partial charge is 0.246 e. The second-order valence-corrected chi connectivity index (χ2v) is 8.11. The van der Waals surface area contributed by atoms with E-state index in [-0.39, 0.29) is 10.8 Å². The molecule has 0 heterocycles. The lowest BCUT2D eigenvalue weighted by Gasteiger charge is -2.18. The van der Waals surface area contributed by atoms with Crippen LogP contribution in [0, 0.1) is 6.92 Å². The van der Waals surface area contributed by atoms with Gasteiger partial charge in [0, 0.05) is 25.5 Å². The lowest BCUT2D eigenvalue weighted by Crippen LogP contribution is -2.32. The number of nitrogens with zero attached hydrogens (tertiary/aromatic N) is 1. The van der Waals surface area contributed by atoms with Crippen LogP contribution in [0.1, 0.15) is 12.5 Å². The van der Waals surface area contributed by atoms with Crippen LogP contribution in [-0.4, -0.2) is 38.8 Å². The molecule has 0 aliphatic heterocycles. The Hall–Kier alpha value is -2.38. The van der Waals surface area contributed by atoms with Crippen LogP contribution in [0.25, 0.3) is 0 Å². The summed E-state index contributed by atoms with van der Waals surface area (Å²) in [6.07, 6.45) is 0. The molecular weight excluding hydrogens is 338 g/mol. The van der Waals surface area contributed by atoms with E-state index >= 15 is 0 Å². The number of sulfonamides is 1. The molecule has 0 spiro atoms. The first kappa shape index (κ1) is 19.0. The Bertz CT molecular complexity index is 849. The first-order valence-electron chi connectivity index (χ1n) is 7.87. The van der Waals surface area contributed by atoms with Crippen molar-refractivity contribution in [2.24, 2.45) is 0 Å². The Labute approximate surface area is 148 Å². The largest absolute Gasteiger partial charge is 0.374 e. The van der Waals surface area contributed by atoms with Gasteiger partial charge in [0.25, 0.3) is 0 Å². The summed E-state index contributed by atoms with van der Waals surface area (Å²) in [6.45, 7) is 3.46. The first-order chi connectivity index (χ1) is 11.7. The van der Waals surface area contributed by atoms with Crippen molar-refractivity contribution in [2.45, 2.75) is 24.8 Å². The van der Waals surface area contributed by atoms with E-state index in [2.05, 4.69) is 10.6 Å². The van der Waals surface area contributed by atoms with Crippen molar-refractivity contribution in [1.82, 2.24) is 4.31 Å². The summed E-state index contributed by atoms with van der Waals surface area (Å²) in [7, 11) is -0.560. The number of carbonyl (C=O) groups excluding carboxylic acids is 1. The van der Waals surface area contributed by atoms with E-state index in [0.717, 1.165) is 0 Å². The van der Waals surface area contributed by atoms with Gasteiger partial charge in [-0.2, -0.15) is 0 Å². The molecule has 2 aromatic rings. The minimum Gasteiger partial charge on any atom is -0.374 e. The van der Waals surface area contributed by atoms with Crippen LogP contribution in [-0.2, 0) is 14.8 Å². The Morgan fingerprint density at radius 3 is 2.28 bits per heavy atom. The lowest BCUT2D eigenvalue weighted by molar-refractivity contribution is -0.116. The zero-order chi connectivity index (χ0) is 18.6. The number of para-hydroxylation sites is 1. The van der Waals surface area contributed by atoms with E-state index in [9.17, 15) is 13.2 Å². The number of benzene rings is 2. The molecular formula is C18H23N3O3S. The second kappa shape index (κ2) is 7.67. The number of carbonyl (C=O) groups is 1. The van der Waals surface area contributed by atoms with Gasteiger partial charge in [-0.05, 0) is 43.7 Å². The predicted molar refractivity (Wildman–Crippen MR) is 100 cm³/mol. The zero-order valence-corrected chi connectivity index (χ0v) is 15.6. The highest BCUT2D eigenvalue weighted by Gasteiger charge is 2.21. The molecule has 2 rings (SSSR count). The van der Waals surface area contributed by atoms with Gasteiger partial charge in [-0.1, -0.05) is 24.3 Å². The number of aryl methyl sites for hydroxylation is 1. The van der Waals surface area contributed by atoms with Crippen LogP contribution < -0.4 is 10.6 Å². The third-order valence-electron chi connectivity index (χ3n) is 3.76. The van der Waals surface area contributed by atoms with E-state index in [1.807, 2.05) is 18.2 Å². The molecule has 2 N–H and O–H groups in total. The third-order valence-corrected chi connectivity index (χ3v) is 5.72. The molecule has 0 bridgehead atoms. The van der Waals surface area contributed by atoms with Crippen molar-refractivity contribution in [3.63, 3.8) is 0 Å². The van der Waals surface area contributed by atoms with Crippen LogP contribution in [0.3, 0.4) is 0 Å². The SMILES string of the molecule is Cc1ccc(N[C@H](C)C(=O)Nc2ccccc2)cc1S(=O)(=O)N(C)C. The van der Waals surface area contributed by atoms with Gasteiger partial charge >= 0.3 is 0 Å². The molecule has 0 saturated carbocycles. The maximum absolute atomic E-state index is 12.4. The monoisotopic (exact) mass is 361 g/mol. The summed E-state index contributed by atoms with van der Waals surface area (Å²) in [5, 5.41) is 5.85. The summed E-state index contributed by atoms with van der Waals surface area (Å²) in [6, 6.07) is 13.7. The van der Waals surface area contributed by atoms with Gasteiger partial charge < -0.3 is 10.6 Å². The normalized spacial score (nSPS) is 12.7. The highest BCUT2D eigenvalue weighted by atomic mass is 32.2. The first-order valence-corrected chi connectivity index (χ1v) is 9.31. The third kappa shape index (κ3) is 4.58. The Kier molecular flexibility index (Phi) is 5.81. The second-order valence-electron chi connectivity index (χ2n) is 5.99. The summed E-state index contributed by atoms with van der Waals surface area (Å²) in [5.74, 6) is -0.205.